The van der Waals surface area contributed by atoms with Gasteiger partial charge in [0, 0.05) is 28.2 Å². The summed E-state index contributed by atoms with van der Waals surface area (Å²) in [5.74, 6) is -4.16. The summed E-state index contributed by atoms with van der Waals surface area (Å²) in [5, 5.41) is 33.7. The second-order valence-corrected chi connectivity index (χ2v) is 13.5. The first-order valence-corrected chi connectivity index (χ1v) is 16.1. The molecule has 0 unspecified atom stereocenters. The number of allylic oxidation sites excluding steroid dienone is 2. The topological polar surface area (TPSA) is 242 Å². The lowest BCUT2D eigenvalue weighted by Crippen LogP contribution is -2.70. The minimum Gasteiger partial charge on any atom is -0.481 e. The van der Waals surface area contributed by atoms with Gasteiger partial charge in [0.05, 0.1) is 12.5 Å². The van der Waals surface area contributed by atoms with E-state index in [4.69, 9.17) is 20.4 Å². The Balaban J connectivity index is 0.000000771. The number of anilines is 1. The van der Waals surface area contributed by atoms with Gasteiger partial charge < -0.3 is 30.8 Å². The molecule has 0 bridgehead atoms. The number of amides is 2. The maximum Gasteiger partial charge on any atom is 0.376 e. The maximum atomic E-state index is 13.1. The van der Waals surface area contributed by atoms with E-state index in [-0.39, 0.29) is 45.9 Å². The molecule has 0 aliphatic carbocycles. The van der Waals surface area contributed by atoms with E-state index in [1.807, 2.05) is 0 Å². The third kappa shape index (κ3) is 8.19. The number of carboxylic acid groups (broad SMARTS) is 2. The minimum absolute atomic E-state index is 0.0394. The smallest absolute Gasteiger partial charge is 0.376 e. The molecule has 2 aliphatic heterocycles. The Morgan fingerprint density at radius 3 is 2.40 bits per heavy atom. The van der Waals surface area contributed by atoms with Crippen molar-refractivity contribution >= 4 is 75.4 Å². The van der Waals surface area contributed by atoms with Crippen LogP contribution in [-0.4, -0.2) is 102 Å². The molecule has 47 heavy (non-hydrogen) atoms. The molecule has 4 heterocycles. The molecule has 2 aliphatic rings. The van der Waals surface area contributed by atoms with Crippen LogP contribution in [0.15, 0.2) is 51.1 Å². The summed E-state index contributed by atoms with van der Waals surface area (Å²) in [6.07, 6.45) is 1.54. The number of hydrogen-bond donors (Lipinski definition) is 4. The SMILES string of the molecule is C=CCn1c(SCC2=C(C(=O)O)N3C(=O)[C@@H](NC(=O)/C(=N\OC)c4csc(N)n4)[C@H]3SC2=C)nnc1C(=O)OC.CC(C)(C)C(=O)O. The Kier molecular flexibility index (Phi) is 11.9. The molecule has 20 heteroatoms. The van der Waals surface area contributed by atoms with Gasteiger partial charge in [0.2, 0.25) is 5.82 Å². The van der Waals surface area contributed by atoms with E-state index >= 15 is 0 Å². The monoisotopic (exact) mass is 708 g/mol. The number of nitrogen functional groups attached to an aromatic ring is 1. The second kappa shape index (κ2) is 15.3. The fourth-order valence-electron chi connectivity index (χ4n) is 3.80. The first-order chi connectivity index (χ1) is 22.1. The normalized spacial score (nSPS) is 17.6. The van der Waals surface area contributed by atoms with Gasteiger partial charge in [-0.3, -0.25) is 23.9 Å². The average Bonchev–Trinajstić information content (AvgIpc) is 3.62. The van der Waals surface area contributed by atoms with Crippen LogP contribution in [0.1, 0.15) is 37.1 Å². The van der Waals surface area contributed by atoms with Gasteiger partial charge >= 0.3 is 17.9 Å². The minimum atomic E-state index is -1.34. The van der Waals surface area contributed by atoms with Gasteiger partial charge in [0.15, 0.2) is 16.0 Å². The molecule has 0 aromatic carbocycles. The molecular formula is C27H32N8O9S3. The van der Waals surface area contributed by atoms with Crippen LogP contribution in [0.5, 0.6) is 0 Å². The van der Waals surface area contributed by atoms with Crippen molar-refractivity contribution in [2.75, 3.05) is 25.7 Å². The Bertz CT molecular complexity index is 1670. The third-order valence-corrected chi connectivity index (χ3v) is 9.13. The standard InChI is InChI=1S/C22H22N8O7S3.C5H10O2/c1-5-6-29-15(20(35)36-3)26-27-22(29)39-7-10-9(2)40-18-13(17(32)30(18)14(10)19(33)34)25-16(31)12(28-37-4)11-8-38-21(23)24-11;1-5(2,3)4(6)7/h5,8,13,18H,1-2,6-7H2,3-4H3,(H2,23,24)(H,25,31)(H,33,34);1-3H3,(H,6,7)/b28-12-;/t13-,18-;/m1./s1. The van der Waals surface area contributed by atoms with Crippen molar-refractivity contribution in [2.24, 2.45) is 10.6 Å². The molecule has 5 N–H and O–H groups in total. The number of ether oxygens (including phenoxy) is 1. The van der Waals surface area contributed by atoms with Crippen molar-refractivity contribution < 1.29 is 43.8 Å². The summed E-state index contributed by atoms with van der Waals surface area (Å²) in [6.45, 7) is 12.8. The number of carbonyl (C=O) groups is 5. The molecule has 0 radical (unpaired) electrons. The number of rotatable bonds is 11. The number of oxime groups is 1. The highest BCUT2D eigenvalue weighted by molar-refractivity contribution is 8.04. The van der Waals surface area contributed by atoms with E-state index in [2.05, 4.69) is 38.8 Å². The molecule has 0 spiro atoms. The van der Waals surface area contributed by atoms with Crippen LogP contribution < -0.4 is 11.1 Å². The van der Waals surface area contributed by atoms with E-state index in [0.717, 1.165) is 39.8 Å². The second-order valence-electron chi connectivity index (χ2n) is 10.5. The number of nitrogens with one attached hydrogen (secondary N) is 1. The highest BCUT2D eigenvalue weighted by Gasteiger charge is 2.55. The lowest BCUT2D eigenvalue weighted by atomic mass is 9.98. The Morgan fingerprint density at radius 2 is 1.89 bits per heavy atom. The first kappa shape index (κ1) is 36.8. The third-order valence-electron chi connectivity index (χ3n) is 6.20. The number of carboxylic acids is 2. The molecule has 17 nitrogen and oxygen atoms in total. The Hall–Kier alpha value is -4.69. The molecule has 2 atom stereocenters. The van der Waals surface area contributed by atoms with Crippen molar-refractivity contribution in [3.63, 3.8) is 0 Å². The van der Waals surface area contributed by atoms with Crippen LogP contribution in [0.3, 0.4) is 0 Å². The number of thioether (sulfide) groups is 2. The number of esters is 1. The van der Waals surface area contributed by atoms with Gasteiger partial charge in [-0.15, -0.1) is 28.1 Å². The number of β-lactam (4-membered cyclic amide) rings is 1. The van der Waals surface area contributed by atoms with Crippen molar-refractivity contribution in [1.82, 2.24) is 30.0 Å². The summed E-state index contributed by atoms with van der Waals surface area (Å²) < 4.78 is 6.20. The molecule has 1 fully saturated rings. The number of aromatic nitrogens is 4. The quantitative estimate of drug-likeness (QED) is 0.0650. The zero-order valence-electron chi connectivity index (χ0n) is 25.9. The van der Waals surface area contributed by atoms with Gasteiger partial charge in [-0.2, -0.15) is 0 Å². The fraction of sp³-hybridized carbons (Fsp3) is 0.370. The van der Waals surface area contributed by atoms with Crippen LogP contribution in [0, 0.1) is 5.41 Å². The molecule has 252 valence electrons. The highest BCUT2D eigenvalue weighted by Crippen LogP contribution is 2.47. The fourth-order valence-corrected chi connectivity index (χ4v) is 6.68. The number of fused-ring (bicyclic) bond motifs is 1. The lowest BCUT2D eigenvalue weighted by Gasteiger charge is -2.49. The molecule has 2 aromatic heterocycles. The van der Waals surface area contributed by atoms with E-state index in [0.29, 0.717) is 10.1 Å². The van der Waals surface area contributed by atoms with Crippen molar-refractivity contribution in [2.45, 2.75) is 43.9 Å². The summed E-state index contributed by atoms with van der Waals surface area (Å²) >= 11 is 3.33. The first-order valence-electron chi connectivity index (χ1n) is 13.3. The largest absolute Gasteiger partial charge is 0.481 e. The average molecular weight is 709 g/mol. The van der Waals surface area contributed by atoms with Gasteiger partial charge in [-0.1, -0.05) is 41.3 Å². The maximum absolute atomic E-state index is 13.1. The molecule has 4 rings (SSSR count). The van der Waals surface area contributed by atoms with Crippen LogP contribution >= 0.6 is 34.9 Å². The molecule has 1 saturated heterocycles. The number of nitrogens with two attached hydrogens (primary N) is 1. The van der Waals surface area contributed by atoms with Gasteiger partial charge in [-0.25, -0.2) is 14.6 Å². The molecule has 2 aromatic rings. The van der Waals surface area contributed by atoms with Crippen LogP contribution in [0.2, 0.25) is 0 Å². The predicted molar refractivity (Wildman–Crippen MR) is 173 cm³/mol. The predicted octanol–water partition coefficient (Wildman–Crippen LogP) is 1.80. The van der Waals surface area contributed by atoms with Crippen molar-refractivity contribution in [3.8, 4) is 0 Å². The van der Waals surface area contributed by atoms with E-state index in [1.54, 1.807) is 26.8 Å². The Morgan fingerprint density at radius 1 is 1.23 bits per heavy atom. The van der Waals surface area contributed by atoms with E-state index in [9.17, 15) is 29.1 Å². The lowest BCUT2D eigenvalue weighted by molar-refractivity contribution is -0.150. The molecule has 0 saturated carbocycles. The van der Waals surface area contributed by atoms with E-state index < -0.39 is 46.6 Å². The summed E-state index contributed by atoms with van der Waals surface area (Å²) in [6, 6.07) is -1.06. The number of carbonyl (C=O) groups excluding carboxylic acids is 3. The van der Waals surface area contributed by atoms with E-state index in [1.165, 1.54) is 24.2 Å². The van der Waals surface area contributed by atoms with Crippen LogP contribution in [-0.2, 0) is 35.3 Å². The van der Waals surface area contributed by atoms with Crippen LogP contribution in [0.25, 0.3) is 0 Å². The van der Waals surface area contributed by atoms with Crippen LogP contribution in [0.4, 0.5) is 5.13 Å². The zero-order chi connectivity index (χ0) is 35.2. The van der Waals surface area contributed by atoms with Crippen molar-refractivity contribution in [1.29, 1.82) is 0 Å². The van der Waals surface area contributed by atoms with Gasteiger partial charge in [0.25, 0.3) is 11.8 Å². The zero-order valence-corrected chi connectivity index (χ0v) is 28.3. The Labute approximate surface area is 280 Å². The highest BCUT2D eigenvalue weighted by atomic mass is 32.2. The molecule has 2 amide bonds. The summed E-state index contributed by atoms with van der Waals surface area (Å²) in [4.78, 5) is 70.7. The number of methoxy groups -OCH3 is 1. The number of hydrogen-bond acceptors (Lipinski definition) is 15. The van der Waals surface area contributed by atoms with Gasteiger partial charge in [0.1, 0.15) is 29.9 Å². The molecular weight excluding hydrogens is 677 g/mol. The van der Waals surface area contributed by atoms with Gasteiger partial charge in [-0.05, 0) is 20.8 Å². The number of thiazole rings is 1. The summed E-state index contributed by atoms with van der Waals surface area (Å²) in [5.41, 5.74) is 5.05. The van der Waals surface area contributed by atoms with Crippen molar-refractivity contribution in [3.05, 3.63) is 52.3 Å². The number of aliphatic carboxylic acids is 2. The number of nitrogens with zero attached hydrogens (tertiary/aromatic N) is 6. The summed E-state index contributed by atoms with van der Waals surface area (Å²) in [7, 11) is 2.46.